The second-order valence-electron chi connectivity index (χ2n) is 11.3. The van der Waals surface area contributed by atoms with Gasteiger partial charge in [0.2, 0.25) is 5.88 Å². The monoisotopic (exact) mass is 583 g/mol. The molecule has 44 heavy (non-hydrogen) atoms. The van der Waals surface area contributed by atoms with Crippen LogP contribution in [-0.2, 0) is 6.54 Å². The third kappa shape index (κ3) is 7.39. The van der Waals surface area contributed by atoms with Crippen LogP contribution in [0.25, 0.3) is 17.0 Å². The molecule has 1 heterocycles. The molecule has 0 aliphatic carbocycles. The third-order valence-corrected chi connectivity index (χ3v) is 7.36. The van der Waals surface area contributed by atoms with Crippen LogP contribution in [0, 0.1) is 0 Å². The Morgan fingerprint density at radius 3 is 2.20 bits per heavy atom. The molecule has 0 aliphatic heterocycles. The van der Waals surface area contributed by atoms with Gasteiger partial charge >= 0.3 is 6.03 Å². The van der Waals surface area contributed by atoms with Crippen molar-refractivity contribution in [3.8, 4) is 11.6 Å². The molecule has 5 aromatic rings. The van der Waals surface area contributed by atoms with Gasteiger partial charge < -0.3 is 15.4 Å². The van der Waals surface area contributed by atoms with Gasteiger partial charge in [-0.2, -0.15) is 0 Å². The number of fused-ring (bicyclic) bond motifs is 1. The summed E-state index contributed by atoms with van der Waals surface area (Å²) in [4.78, 5) is 30.9. The Kier molecular flexibility index (Phi) is 9.50. The number of urea groups is 1. The van der Waals surface area contributed by atoms with Crippen LogP contribution < -0.4 is 15.4 Å². The summed E-state index contributed by atoms with van der Waals surface area (Å²) in [5.41, 5.74) is 5.91. The summed E-state index contributed by atoms with van der Waals surface area (Å²) in [6.07, 6.45) is 3.26. The predicted molar refractivity (Wildman–Crippen MR) is 179 cm³/mol. The fraction of sp³-hybridized carbons (Fsp3) is 0.184. The molecule has 6 nitrogen and oxygen atoms in total. The van der Waals surface area contributed by atoms with Gasteiger partial charge in [-0.3, -0.25) is 4.79 Å². The number of para-hydroxylation sites is 3. The van der Waals surface area contributed by atoms with Gasteiger partial charge in [-0.15, -0.1) is 0 Å². The van der Waals surface area contributed by atoms with E-state index in [-0.39, 0.29) is 30.2 Å². The normalized spacial score (nSPS) is 11.3. The lowest BCUT2D eigenvalue weighted by molar-refractivity contribution is 0.104. The summed E-state index contributed by atoms with van der Waals surface area (Å²) in [6, 6.07) is 32.3. The van der Waals surface area contributed by atoms with Crippen LogP contribution in [0.15, 0.2) is 109 Å². The largest absolute Gasteiger partial charge is 0.438 e. The van der Waals surface area contributed by atoms with Gasteiger partial charge in [0.15, 0.2) is 5.78 Å². The van der Waals surface area contributed by atoms with Crippen molar-refractivity contribution >= 4 is 34.5 Å². The minimum Gasteiger partial charge on any atom is -0.438 e. The van der Waals surface area contributed by atoms with Crippen LogP contribution in [0.4, 0.5) is 10.5 Å². The number of carbonyl (C=O) groups is 2. The summed E-state index contributed by atoms with van der Waals surface area (Å²) in [6.45, 7) is 8.75. The van der Waals surface area contributed by atoms with Crippen molar-refractivity contribution in [2.75, 3.05) is 5.32 Å². The van der Waals surface area contributed by atoms with E-state index in [2.05, 4.69) is 50.5 Å². The smallest absolute Gasteiger partial charge is 0.319 e. The van der Waals surface area contributed by atoms with E-state index in [1.165, 1.54) is 6.08 Å². The number of amides is 2. The topological polar surface area (TPSA) is 80.3 Å². The fourth-order valence-corrected chi connectivity index (χ4v) is 5.05. The molecule has 0 saturated carbocycles. The van der Waals surface area contributed by atoms with Crippen LogP contribution in [-0.4, -0.2) is 16.8 Å². The molecule has 5 rings (SSSR count). The van der Waals surface area contributed by atoms with E-state index < -0.39 is 0 Å². The number of anilines is 1. The zero-order valence-electron chi connectivity index (χ0n) is 25.5. The van der Waals surface area contributed by atoms with Crippen LogP contribution >= 0.6 is 0 Å². The summed E-state index contributed by atoms with van der Waals surface area (Å²) in [5.74, 6) is 1.45. The first-order chi connectivity index (χ1) is 21.3. The maximum absolute atomic E-state index is 13.2. The number of hydrogen-bond donors (Lipinski definition) is 2. The van der Waals surface area contributed by atoms with Crippen molar-refractivity contribution in [1.82, 2.24) is 10.3 Å². The van der Waals surface area contributed by atoms with E-state index in [4.69, 9.17) is 9.72 Å². The van der Waals surface area contributed by atoms with Gasteiger partial charge in [-0.05, 0) is 71.0 Å². The van der Waals surface area contributed by atoms with Crippen molar-refractivity contribution in [3.63, 3.8) is 0 Å². The molecular formula is C38H37N3O3. The first-order valence-electron chi connectivity index (χ1n) is 14.9. The highest BCUT2D eigenvalue weighted by Crippen LogP contribution is 2.32. The molecule has 1 aromatic heterocycles. The van der Waals surface area contributed by atoms with E-state index in [1.54, 1.807) is 18.2 Å². The molecule has 0 fully saturated rings. The van der Waals surface area contributed by atoms with Crippen molar-refractivity contribution in [1.29, 1.82) is 0 Å². The number of hydrogen-bond acceptors (Lipinski definition) is 4. The average Bonchev–Trinajstić information content (AvgIpc) is 3.03. The quantitative estimate of drug-likeness (QED) is 0.127. The van der Waals surface area contributed by atoms with Gasteiger partial charge in [0.05, 0.1) is 5.52 Å². The van der Waals surface area contributed by atoms with Gasteiger partial charge in [0.25, 0.3) is 0 Å². The van der Waals surface area contributed by atoms with Crippen molar-refractivity contribution in [2.45, 2.75) is 46.1 Å². The number of pyridine rings is 1. The van der Waals surface area contributed by atoms with Crippen molar-refractivity contribution in [2.24, 2.45) is 0 Å². The molecule has 6 heteroatoms. The zero-order chi connectivity index (χ0) is 31.1. The van der Waals surface area contributed by atoms with Crippen LogP contribution in [0.5, 0.6) is 11.6 Å². The van der Waals surface area contributed by atoms with E-state index >= 15 is 0 Å². The predicted octanol–water partition coefficient (Wildman–Crippen LogP) is 9.49. The van der Waals surface area contributed by atoms with Crippen molar-refractivity contribution in [3.05, 3.63) is 137 Å². The minimum absolute atomic E-state index is 0.164. The third-order valence-electron chi connectivity index (χ3n) is 7.36. The molecule has 2 N–H and O–H groups in total. The molecular weight excluding hydrogens is 546 g/mol. The highest BCUT2D eigenvalue weighted by Gasteiger charge is 2.16. The second kappa shape index (κ2) is 13.8. The standard InChI is InChI=1S/C38H37N3O3/c1-25(2)32-17-11-18-33(26(3)4)36(32)41-38(43)39-24-27-12-10-14-29(22-27)35(42)21-20-30-23-28-13-8-9-19-34(28)40-37(30)44-31-15-6-5-7-16-31/h5-23,25-26H,24H2,1-4H3,(H2,39,41,43). The maximum atomic E-state index is 13.2. The average molecular weight is 584 g/mol. The number of carbonyl (C=O) groups excluding carboxylic acids is 2. The Labute approximate surface area is 258 Å². The summed E-state index contributed by atoms with van der Waals surface area (Å²) < 4.78 is 6.09. The fourth-order valence-electron chi connectivity index (χ4n) is 5.05. The summed E-state index contributed by atoms with van der Waals surface area (Å²) in [5, 5.41) is 6.97. The second-order valence-corrected chi connectivity index (χ2v) is 11.3. The minimum atomic E-state index is -0.286. The molecule has 0 aliphatic rings. The van der Waals surface area contributed by atoms with Gasteiger partial charge in [-0.25, -0.2) is 9.78 Å². The Hall–Kier alpha value is -5.23. The summed E-state index contributed by atoms with van der Waals surface area (Å²) >= 11 is 0. The van der Waals surface area contributed by atoms with Crippen molar-refractivity contribution < 1.29 is 14.3 Å². The number of ether oxygens (including phenoxy) is 1. The number of rotatable bonds is 10. The maximum Gasteiger partial charge on any atom is 0.319 e. The van der Waals surface area contributed by atoms with E-state index in [0.29, 0.717) is 22.8 Å². The van der Waals surface area contributed by atoms with Gasteiger partial charge in [-0.1, -0.05) is 100 Å². The van der Waals surface area contributed by atoms with Gasteiger partial charge in [0, 0.05) is 28.7 Å². The van der Waals surface area contributed by atoms with Gasteiger partial charge in [0.1, 0.15) is 5.75 Å². The number of nitrogens with one attached hydrogen (secondary N) is 2. The first-order valence-corrected chi connectivity index (χ1v) is 14.9. The lowest BCUT2D eigenvalue weighted by Gasteiger charge is -2.20. The molecule has 0 saturated heterocycles. The highest BCUT2D eigenvalue weighted by molar-refractivity contribution is 6.07. The summed E-state index contributed by atoms with van der Waals surface area (Å²) in [7, 11) is 0. The Morgan fingerprint density at radius 2 is 1.48 bits per heavy atom. The lowest BCUT2D eigenvalue weighted by Crippen LogP contribution is -2.29. The number of aromatic nitrogens is 1. The van der Waals surface area contributed by atoms with E-state index in [0.717, 1.165) is 33.3 Å². The molecule has 0 spiro atoms. The molecule has 0 radical (unpaired) electrons. The molecule has 222 valence electrons. The molecule has 0 bridgehead atoms. The molecule has 4 aromatic carbocycles. The highest BCUT2D eigenvalue weighted by atomic mass is 16.5. The number of allylic oxidation sites excluding steroid dienone is 1. The molecule has 0 unspecified atom stereocenters. The van der Waals surface area contributed by atoms with Crippen LogP contribution in [0.3, 0.4) is 0 Å². The number of ketones is 1. The molecule has 0 atom stereocenters. The molecule has 2 amide bonds. The Morgan fingerprint density at radius 1 is 0.795 bits per heavy atom. The number of nitrogens with zero attached hydrogens (tertiary/aromatic N) is 1. The van der Waals surface area contributed by atoms with E-state index in [1.807, 2.05) is 78.9 Å². The van der Waals surface area contributed by atoms with E-state index in [9.17, 15) is 9.59 Å². The number of benzene rings is 4. The lowest BCUT2D eigenvalue weighted by atomic mass is 9.93. The van der Waals surface area contributed by atoms with Crippen LogP contribution in [0.1, 0.15) is 72.1 Å². The van der Waals surface area contributed by atoms with Crippen LogP contribution in [0.2, 0.25) is 0 Å². The SMILES string of the molecule is CC(C)c1cccc(C(C)C)c1NC(=O)NCc1cccc(C(=O)C=Cc2cc3ccccc3nc2Oc2ccccc2)c1. The Bertz CT molecular complexity index is 1780. The first kappa shape index (κ1) is 30.2. The zero-order valence-corrected chi connectivity index (χ0v) is 25.5. The Balaban J connectivity index is 1.30.